The lowest BCUT2D eigenvalue weighted by Crippen LogP contribution is -2.30. The Bertz CT molecular complexity index is 1290. The summed E-state index contributed by atoms with van der Waals surface area (Å²) in [5.41, 5.74) is 10.0. The summed E-state index contributed by atoms with van der Waals surface area (Å²) in [6.45, 7) is 0.498. The summed E-state index contributed by atoms with van der Waals surface area (Å²) < 4.78 is 8.11. The number of aromatic nitrogens is 3. The minimum atomic E-state index is 0.0807. The van der Waals surface area contributed by atoms with Crippen molar-refractivity contribution in [1.29, 1.82) is 0 Å². The fourth-order valence-corrected chi connectivity index (χ4v) is 4.87. The summed E-state index contributed by atoms with van der Waals surface area (Å²) in [6.07, 6.45) is 7.19. The molecule has 34 heavy (non-hydrogen) atoms. The average Bonchev–Trinajstić information content (AvgIpc) is 3.29. The second kappa shape index (κ2) is 9.55. The summed E-state index contributed by atoms with van der Waals surface area (Å²) >= 11 is 0. The largest absolute Gasteiger partial charge is 0.489 e. The molecule has 0 saturated heterocycles. The molecule has 0 atom stereocenters. The Kier molecular flexibility index (Phi) is 6.16. The SMILES string of the molecule is CNC(=O)C1CCC(c2nc(-c3cccc(OCc4ccccc4)c3)c3c(N)nccn23)CC1. The first-order valence-corrected chi connectivity index (χ1v) is 11.7. The zero-order valence-corrected chi connectivity index (χ0v) is 19.3. The van der Waals surface area contributed by atoms with Crippen molar-refractivity contribution in [2.24, 2.45) is 5.92 Å². The third kappa shape index (κ3) is 4.33. The lowest BCUT2D eigenvalue weighted by atomic mass is 9.81. The van der Waals surface area contributed by atoms with Crippen LogP contribution in [0.25, 0.3) is 16.8 Å². The third-order valence-electron chi connectivity index (χ3n) is 6.68. The minimum Gasteiger partial charge on any atom is -0.489 e. The number of nitrogens with one attached hydrogen (secondary N) is 1. The van der Waals surface area contributed by atoms with E-state index in [2.05, 4.69) is 14.7 Å². The van der Waals surface area contributed by atoms with Crippen molar-refractivity contribution in [3.8, 4) is 17.0 Å². The lowest BCUT2D eigenvalue weighted by molar-refractivity contribution is -0.125. The van der Waals surface area contributed by atoms with Crippen molar-refractivity contribution >= 4 is 17.2 Å². The highest BCUT2D eigenvalue weighted by Gasteiger charge is 2.30. The van der Waals surface area contributed by atoms with E-state index in [-0.39, 0.29) is 17.7 Å². The molecule has 1 saturated carbocycles. The Morgan fingerprint density at radius 3 is 2.68 bits per heavy atom. The fraction of sp³-hybridized carbons (Fsp3) is 0.296. The van der Waals surface area contributed by atoms with E-state index in [1.165, 1.54) is 0 Å². The maximum Gasteiger partial charge on any atom is 0.222 e. The highest BCUT2D eigenvalue weighted by Crippen LogP contribution is 2.39. The highest BCUT2D eigenvalue weighted by molar-refractivity contribution is 5.85. The summed E-state index contributed by atoms with van der Waals surface area (Å²) in [5, 5.41) is 2.78. The summed E-state index contributed by atoms with van der Waals surface area (Å²) in [6, 6.07) is 18.1. The molecule has 3 N–H and O–H groups in total. The highest BCUT2D eigenvalue weighted by atomic mass is 16.5. The molecule has 4 aromatic rings. The standard InChI is InChI=1S/C27H29N5O2/c1-29-27(33)20-12-10-19(11-13-20)26-31-23(24-25(28)30-14-15-32(24)26)21-8-5-9-22(16-21)34-17-18-6-3-2-4-7-18/h2-9,14-16,19-20H,10-13,17H2,1H3,(H2,28,30)(H,29,33). The fourth-order valence-electron chi connectivity index (χ4n) is 4.87. The zero-order valence-electron chi connectivity index (χ0n) is 19.3. The van der Waals surface area contributed by atoms with Gasteiger partial charge in [-0.1, -0.05) is 42.5 Å². The van der Waals surface area contributed by atoms with Crippen molar-refractivity contribution in [1.82, 2.24) is 19.7 Å². The van der Waals surface area contributed by atoms with Crippen LogP contribution in [0.1, 0.15) is 43.0 Å². The average molecular weight is 456 g/mol. The third-order valence-corrected chi connectivity index (χ3v) is 6.68. The van der Waals surface area contributed by atoms with Gasteiger partial charge in [-0.05, 0) is 43.4 Å². The molecule has 0 aliphatic heterocycles. The van der Waals surface area contributed by atoms with Gasteiger partial charge in [-0.3, -0.25) is 9.20 Å². The number of amides is 1. The number of hydrogen-bond donors (Lipinski definition) is 2. The van der Waals surface area contributed by atoms with Crippen LogP contribution in [0, 0.1) is 5.92 Å². The number of benzene rings is 2. The molecule has 7 nitrogen and oxygen atoms in total. The van der Waals surface area contributed by atoms with Gasteiger partial charge in [0.2, 0.25) is 5.91 Å². The predicted octanol–water partition coefficient (Wildman–Crippen LogP) is 4.58. The number of carbonyl (C=O) groups is 1. The van der Waals surface area contributed by atoms with E-state index in [1.807, 2.05) is 60.8 Å². The molecular formula is C27H29N5O2. The lowest BCUT2D eigenvalue weighted by Gasteiger charge is -2.26. The van der Waals surface area contributed by atoms with Crippen molar-refractivity contribution in [2.45, 2.75) is 38.2 Å². The van der Waals surface area contributed by atoms with E-state index >= 15 is 0 Å². The van der Waals surface area contributed by atoms with Crippen LogP contribution < -0.4 is 15.8 Å². The quantitative estimate of drug-likeness (QED) is 0.444. The van der Waals surface area contributed by atoms with Crippen LogP contribution in [-0.4, -0.2) is 27.3 Å². The summed E-state index contributed by atoms with van der Waals surface area (Å²) in [5.74, 6) is 2.68. The smallest absolute Gasteiger partial charge is 0.222 e. The second-order valence-electron chi connectivity index (χ2n) is 8.81. The number of ether oxygens (including phenoxy) is 1. The first-order chi connectivity index (χ1) is 16.6. The van der Waals surface area contributed by atoms with E-state index in [4.69, 9.17) is 15.5 Å². The van der Waals surface area contributed by atoms with E-state index in [1.54, 1.807) is 13.2 Å². The van der Waals surface area contributed by atoms with E-state index in [0.29, 0.717) is 12.4 Å². The second-order valence-corrected chi connectivity index (χ2v) is 8.81. The number of nitrogens with zero attached hydrogens (tertiary/aromatic N) is 3. The van der Waals surface area contributed by atoms with Crippen molar-refractivity contribution < 1.29 is 9.53 Å². The number of carbonyl (C=O) groups excluding carboxylic acids is 1. The number of rotatable bonds is 6. The number of nitrogen functional groups attached to an aromatic ring is 1. The van der Waals surface area contributed by atoms with Gasteiger partial charge in [-0.15, -0.1) is 0 Å². The molecule has 0 bridgehead atoms. The number of fused-ring (bicyclic) bond motifs is 1. The van der Waals surface area contributed by atoms with Crippen LogP contribution in [0.4, 0.5) is 5.82 Å². The molecule has 1 amide bonds. The van der Waals surface area contributed by atoms with Crippen LogP contribution in [0.2, 0.25) is 0 Å². The Balaban J connectivity index is 1.45. The molecule has 1 aliphatic rings. The molecule has 1 fully saturated rings. The molecule has 2 aromatic carbocycles. The Labute approximate surface area is 199 Å². The number of imidazole rings is 1. The van der Waals surface area contributed by atoms with Gasteiger partial charge < -0.3 is 15.8 Å². The normalized spacial score (nSPS) is 18.0. The van der Waals surface area contributed by atoms with Gasteiger partial charge in [-0.2, -0.15) is 0 Å². The van der Waals surface area contributed by atoms with Crippen LogP contribution in [0.3, 0.4) is 0 Å². The molecule has 174 valence electrons. The first kappa shape index (κ1) is 21.9. The van der Waals surface area contributed by atoms with Gasteiger partial charge >= 0.3 is 0 Å². The molecule has 0 unspecified atom stereocenters. The minimum absolute atomic E-state index is 0.0807. The molecule has 5 rings (SSSR count). The van der Waals surface area contributed by atoms with Gasteiger partial charge in [0.1, 0.15) is 35.2 Å². The topological polar surface area (TPSA) is 94.5 Å². The molecule has 7 heteroatoms. The van der Waals surface area contributed by atoms with Gasteiger partial charge in [0.15, 0.2) is 0 Å². The molecule has 2 heterocycles. The van der Waals surface area contributed by atoms with Crippen molar-refractivity contribution in [3.63, 3.8) is 0 Å². The summed E-state index contributed by atoms with van der Waals surface area (Å²) in [4.78, 5) is 21.5. The zero-order chi connectivity index (χ0) is 23.5. The molecule has 2 aromatic heterocycles. The van der Waals surface area contributed by atoms with Gasteiger partial charge in [0.05, 0.1) is 0 Å². The van der Waals surface area contributed by atoms with Crippen molar-refractivity contribution in [3.05, 3.63) is 78.4 Å². The van der Waals surface area contributed by atoms with Crippen molar-refractivity contribution in [2.75, 3.05) is 12.8 Å². The molecular weight excluding hydrogens is 426 g/mol. The van der Waals surface area contributed by atoms with Gasteiger partial charge in [0, 0.05) is 36.8 Å². The Morgan fingerprint density at radius 2 is 1.91 bits per heavy atom. The monoisotopic (exact) mass is 455 g/mol. The Hall–Kier alpha value is -3.87. The number of hydrogen-bond acceptors (Lipinski definition) is 5. The molecule has 1 aliphatic carbocycles. The number of anilines is 1. The van der Waals surface area contributed by atoms with Crippen LogP contribution in [0.5, 0.6) is 5.75 Å². The van der Waals surface area contributed by atoms with E-state index in [0.717, 1.165) is 59.6 Å². The number of nitrogens with two attached hydrogens (primary N) is 1. The molecule has 0 radical (unpaired) electrons. The first-order valence-electron chi connectivity index (χ1n) is 11.7. The van der Waals surface area contributed by atoms with Crippen LogP contribution in [0.15, 0.2) is 67.0 Å². The summed E-state index contributed by atoms with van der Waals surface area (Å²) in [7, 11) is 1.70. The Morgan fingerprint density at radius 1 is 1.12 bits per heavy atom. The maximum absolute atomic E-state index is 12.1. The van der Waals surface area contributed by atoms with Crippen LogP contribution in [-0.2, 0) is 11.4 Å². The molecule has 0 spiro atoms. The van der Waals surface area contributed by atoms with Gasteiger partial charge in [-0.25, -0.2) is 9.97 Å². The van der Waals surface area contributed by atoms with E-state index in [9.17, 15) is 4.79 Å². The van der Waals surface area contributed by atoms with Gasteiger partial charge in [0.25, 0.3) is 0 Å². The van der Waals surface area contributed by atoms with Crippen LogP contribution >= 0.6 is 0 Å². The maximum atomic E-state index is 12.1. The van der Waals surface area contributed by atoms with E-state index < -0.39 is 0 Å². The predicted molar refractivity (Wildman–Crippen MR) is 132 cm³/mol.